The molecule has 0 N–H and O–H groups in total. The van der Waals surface area contributed by atoms with Crippen molar-refractivity contribution in [3.05, 3.63) is 108 Å². The van der Waals surface area contributed by atoms with Gasteiger partial charge in [-0.1, -0.05) is 114 Å². The number of para-hydroxylation sites is 2. The predicted octanol–water partition coefficient (Wildman–Crippen LogP) is 10.4. The first-order valence-corrected chi connectivity index (χ1v) is 15.6. The standard InChI is InChI=1S/2C18H17NOS/c2*1-18(2,3)16(20)13-10-7-11-14-15(13)19-17(21-14)12-8-5-4-6-9-12/h2*4-11H,1-3H3. The van der Waals surface area contributed by atoms with Crippen molar-refractivity contribution in [1.82, 2.24) is 9.97 Å². The summed E-state index contributed by atoms with van der Waals surface area (Å²) in [6.07, 6.45) is 0. The largest absolute Gasteiger partial charge is 0.294 e. The third-order valence-electron chi connectivity index (χ3n) is 6.73. The monoisotopic (exact) mass is 590 g/mol. The number of hydrogen-bond acceptors (Lipinski definition) is 6. The second kappa shape index (κ2) is 11.7. The Morgan fingerprint density at radius 2 is 0.857 bits per heavy atom. The first kappa shape index (κ1) is 29.5. The molecule has 6 heteroatoms. The number of benzene rings is 4. The summed E-state index contributed by atoms with van der Waals surface area (Å²) in [6.45, 7) is 11.7. The molecule has 0 aliphatic heterocycles. The lowest BCUT2D eigenvalue weighted by Crippen LogP contribution is -2.20. The van der Waals surface area contributed by atoms with Crippen LogP contribution in [0.15, 0.2) is 97.1 Å². The van der Waals surface area contributed by atoms with E-state index in [1.54, 1.807) is 22.7 Å². The van der Waals surface area contributed by atoms with Gasteiger partial charge in [-0.2, -0.15) is 0 Å². The van der Waals surface area contributed by atoms with Crippen LogP contribution in [0.25, 0.3) is 41.6 Å². The summed E-state index contributed by atoms with van der Waals surface area (Å²) < 4.78 is 2.12. The van der Waals surface area contributed by atoms with E-state index in [1.165, 1.54) is 0 Å². The van der Waals surface area contributed by atoms with Crippen LogP contribution in [-0.4, -0.2) is 21.5 Å². The van der Waals surface area contributed by atoms with Crippen LogP contribution in [0.5, 0.6) is 0 Å². The molecule has 6 rings (SSSR count). The molecule has 42 heavy (non-hydrogen) atoms. The Bertz CT molecular complexity index is 1730. The number of carbonyl (C=O) groups is 2. The van der Waals surface area contributed by atoms with Crippen LogP contribution in [0.1, 0.15) is 62.3 Å². The van der Waals surface area contributed by atoms with Gasteiger partial charge in [0.05, 0.1) is 20.4 Å². The Morgan fingerprint density at radius 3 is 1.19 bits per heavy atom. The fourth-order valence-corrected chi connectivity index (χ4v) is 6.48. The van der Waals surface area contributed by atoms with Gasteiger partial charge in [-0.25, -0.2) is 9.97 Å². The molecule has 0 radical (unpaired) electrons. The molecule has 0 saturated heterocycles. The molecule has 0 unspecified atom stereocenters. The number of nitrogens with zero attached hydrogens (tertiary/aromatic N) is 2. The van der Waals surface area contributed by atoms with Crippen LogP contribution in [0.3, 0.4) is 0 Å². The van der Waals surface area contributed by atoms with Gasteiger partial charge in [-0.15, -0.1) is 22.7 Å². The van der Waals surface area contributed by atoms with E-state index in [0.29, 0.717) is 0 Å². The fraction of sp³-hybridized carbons (Fsp3) is 0.222. The molecule has 0 spiro atoms. The molecule has 0 saturated carbocycles. The van der Waals surface area contributed by atoms with Gasteiger partial charge < -0.3 is 0 Å². The fourth-order valence-electron chi connectivity index (χ4n) is 4.48. The zero-order valence-corrected chi connectivity index (χ0v) is 26.4. The SMILES string of the molecule is CC(C)(C)C(=O)c1cccc2sc(-c3ccccc3)nc12.CC(C)(C)C(=O)c1cccc2sc(-c3ccccc3)nc12. The first-order valence-electron chi connectivity index (χ1n) is 13.9. The second-order valence-corrected chi connectivity index (χ2v) is 14.3. The topological polar surface area (TPSA) is 59.9 Å². The van der Waals surface area contributed by atoms with Gasteiger partial charge in [0.15, 0.2) is 11.6 Å². The number of carbonyl (C=O) groups excluding carboxylic acids is 2. The maximum Gasteiger partial charge on any atom is 0.170 e. The first-order chi connectivity index (χ1) is 19.9. The molecule has 0 aliphatic carbocycles. The highest BCUT2D eigenvalue weighted by Crippen LogP contribution is 2.35. The molecule has 4 nitrogen and oxygen atoms in total. The highest BCUT2D eigenvalue weighted by molar-refractivity contribution is 7.22. The Labute approximate surface area is 255 Å². The molecule has 212 valence electrons. The summed E-state index contributed by atoms with van der Waals surface area (Å²) >= 11 is 3.26. The van der Waals surface area contributed by atoms with E-state index in [4.69, 9.17) is 9.97 Å². The van der Waals surface area contributed by atoms with E-state index in [1.807, 2.05) is 139 Å². The minimum atomic E-state index is -0.398. The Kier molecular flexibility index (Phi) is 8.22. The zero-order chi connectivity index (χ0) is 30.1. The highest BCUT2D eigenvalue weighted by atomic mass is 32.1. The van der Waals surface area contributed by atoms with Crippen molar-refractivity contribution in [2.75, 3.05) is 0 Å². The number of rotatable bonds is 4. The van der Waals surface area contributed by atoms with Crippen molar-refractivity contribution >= 4 is 54.7 Å². The lowest BCUT2D eigenvalue weighted by atomic mass is 9.86. The summed E-state index contributed by atoms with van der Waals surface area (Å²) in [5.74, 6) is 0.274. The van der Waals surface area contributed by atoms with Gasteiger partial charge in [0.2, 0.25) is 0 Å². The third kappa shape index (κ3) is 6.25. The number of hydrogen-bond donors (Lipinski definition) is 0. The minimum Gasteiger partial charge on any atom is -0.294 e. The lowest BCUT2D eigenvalue weighted by molar-refractivity contribution is 0.0854. The van der Waals surface area contributed by atoms with Crippen LogP contribution in [0.2, 0.25) is 0 Å². The molecule has 0 bridgehead atoms. The van der Waals surface area contributed by atoms with Gasteiger partial charge in [-0.3, -0.25) is 9.59 Å². The van der Waals surface area contributed by atoms with Crippen molar-refractivity contribution in [3.63, 3.8) is 0 Å². The molecule has 4 aromatic carbocycles. The van der Waals surface area contributed by atoms with E-state index in [9.17, 15) is 9.59 Å². The highest BCUT2D eigenvalue weighted by Gasteiger charge is 2.27. The van der Waals surface area contributed by atoms with Crippen molar-refractivity contribution in [2.24, 2.45) is 10.8 Å². The van der Waals surface area contributed by atoms with E-state index >= 15 is 0 Å². The minimum absolute atomic E-state index is 0.137. The summed E-state index contributed by atoms with van der Waals surface area (Å²) in [6, 6.07) is 31.9. The maximum absolute atomic E-state index is 12.6. The Morgan fingerprint density at radius 1 is 0.500 bits per heavy atom. The molecule has 0 fully saturated rings. The normalized spacial score (nSPS) is 11.8. The Balaban J connectivity index is 0.000000168. The third-order valence-corrected chi connectivity index (χ3v) is 8.87. The molecule has 0 atom stereocenters. The average molecular weight is 591 g/mol. The molecular formula is C36H34N2O2S2. The summed E-state index contributed by atoms with van der Waals surface area (Å²) in [5, 5.41) is 1.92. The molecule has 0 amide bonds. The second-order valence-electron chi connectivity index (χ2n) is 12.2. The average Bonchev–Trinajstić information content (AvgIpc) is 3.61. The van der Waals surface area contributed by atoms with Crippen molar-refractivity contribution in [3.8, 4) is 21.1 Å². The van der Waals surface area contributed by atoms with Crippen LogP contribution in [0, 0.1) is 10.8 Å². The lowest BCUT2D eigenvalue weighted by Gasteiger charge is -2.16. The summed E-state index contributed by atoms with van der Waals surface area (Å²) in [4.78, 5) is 34.6. The maximum atomic E-state index is 12.6. The van der Waals surface area contributed by atoms with Gasteiger partial charge in [0, 0.05) is 33.1 Å². The quantitative estimate of drug-likeness (QED) is 0.192. The predicted molar refractivity (Wildman–Crippen MR) is 178 cm³/mol. The van der Waals surface area contributed by atoms with Gasteiger partial charge >= 0.3 is 0 Å². The molecule has 2 aromatic heterocycles. The van der Waals surface area contributed by atoms with Crippen LogP contribution in [-0.2, 0) is 0 Å². The van der Waals surface area contributed by atoms with Crippen LogP contribution >= 0.6 is 22.7 Å². The van der Waals surface area contributed by atoms with Gasteiger partial charge in [0.1, 0.15) is 10.0 Å². The molecule has 2 heterocycles. The number of Topliss-reactive ketones (excluding diaryl/α,β-unsaturated/α-hetero) is 2. The van der Waals surface area contributed by atoms with E-state index in [-0.39, 0.29) is 11.6 Å². The van der Waals surface area contributed by atoms with Crippen molar-refractivity contribution in [2.45, 2.75) is 41.5 Å². The van der Waals surface area contributed by atoms with Gasteiger partial charge in [0.25, 0.3) is 0 Å². The van der Waals surface area contributed by atoms with Crippen molar-refractivity contribution < 1.29 is 9.59 Å². The zero-order valence-electron chi connectivity index (χ0n) is 24.8. The molecule has 0 aliphatic rings. The number of aromatic nitrogens is 2. The number of fused-ring (bicyclic) bond motifs is 2. The van der Waals surface area contributed by atoms with E-state index in [0.717, 1.165) is 52.7 Å². The van der Waals surface area contributed by atoms with Crippen LogP contribution in [0.4, 0.5) is 0 Å². The van der Waals surface area contributed by atoms with E-state index < -0.39 is 10.8 Å². The van der Waals surface area contributed by atoms with E-state index in [2.05, 4.69) is 0 Å². The smallest absolute Gasteiger partial charge is 0.170 e. The van der Waals surface area contributed by atoms with Crippen molar-refractivity contribution in [1.29, 1.82) is 0 Å². The Hall–Kier alpha value is -4.00. The number of thiazole rings is 2. The number of ketones is 2. The molecule has 6 aromatic rings. The molecular weight excluding hydrogens is 557 g/mol. The van der Waals surface area contributed by atoms with Crippen LogP contribution < -0.4 is 0 Å². The summed E-state index contributed by atoms with van der Waals surface area (Å²) in [7, 11) is 0. The summed E-state index contributed by atoms with van der Waals surface area (Å²) in [5.41, 5.74) is 4.47. The van der Waals surface area contributed by atoms with Gasteiger partial charge in [-0.05, 0) is 24.3 Å².